The summed E-state index contributed by atoms with van der Waals surface area (Å²) in [4.78, 5) is 12.6. The minimum absolute atomic E-state index is 0.0181. The Bertz CT molecular complexity index is 498. The van der Waals surface area contributed by atoms with Crippen LogP contribution >= 0.6 is 12.2 Å². The summed E-state index contributed by atoms with van der Waals surface area (Å²) in [5, 5.41) is 5.95. The lowest BCUT2D eigenvalue weighted by Crippen LogP contribution is -2.42. The smallest absolute Gasteiger partial charge is 0.221 e. The van der Waals surface area contributed by atoms with Crippen molar-refractivity contribution >= 4 is 28.8 Å². The molecule has 1 aliphatic rings. The monoisotopic (exact) mass is 262 g/mol. The Hall–Kier alpha value is -1.42. The van der Waals surface area contributed by atoms with Gasteiger partial charge in [-0.05, 0) is 17.5 Å². The number of carbonyl (C=O) groups is 1. The van der Waals surface area contributed by atoms with E-state index in [-0.39, 0.29) is 17.2 Å². The van der Waals surface area contributed by atoms with Gasteiger partial charge in [0.25, 0.3) is 0 Å². The average molecular weight is 262 g/mol. The van der Waals surface area contributed by atoms with Crippen LogP contribution in [0.15, 0.2) is 24.3 Å². The first-order chi connectivity index (χ1) is 8.52. The molecule has 0 fully saturated rings. The number of amides is 1. The Balaban J connectivity index is 2.53. The van der Waals surface area contributed by atoms with Gasteiger partial charge >= 0.3 is 0 Å². The fourth-order valence-corrected chi connectivity index (χ4v) is 3.16. The van der Waals surface area contributed by atoms with Crippen molar-refractivity contribution in [3.8, 4) is 0 Å². The number of benzene rings is 1. The molecule has 96 valence electrons. The van der Waals surface area contributed by atoms with E-state index in [1.807, 2.05) is 18.2 Å². The molecular weight excluding hydrogens is 244 g/mol. The molecule has 1 unspecified atom stereocenters. The molecule has 4 heteroatoms. The van der Waals surface area contributed by atoms with Crippen molar-refractivity contribution in [3.05, 3.63) is 29.8 Å². The Morgan fingerprint density at radius 1 is 1.44 bits per heavy atom. The summed E-state index contributed by atoms with van der Waals surface area (Å²) < 4.78 is 0. The summed E-state index contributed by atoms with van der Waals surface area (Å²) in [5.41, 5.74) is 1.78. The number of carbonyl (C=O) groups excluding carboxylic acids is 1. The summed E-state index contributed by atoms with van der Waals surface area (Å²) in [6.45, 7) is 4.22. The Morgan fingerprint density at radius 3 is 2.72 bits per heavy atom. The first-order valence-corrected chi connectivity index (χ1v) is 6.54. The first-order valence-electron chi connectivity index (χ1n) is 6.14. The molecule has 18 heavy (non-hydrogen) atoms. The maximum Gasteiger partial charge on any atom is 0.221 e. The zero-order chi connectivity index (χ0) is 13.3. The van der Waals surface area contributed by atoms with Crippen LogP contribution in [0.3, 0.4) is 0 Å². The Kier molecular flexibility index (Phi) is 3.39. The van der Waals surface area contributed by atoms with Crippen LogP contribution in [-0.4, -0.2) is 17.9 Å². The van der Waals surface area contributed by atoms with Crippen molar-refractivity contribution in [1.29, 1.82) is 0 Å². The lowest BCUT2D eigenvalue weighted by Gasteiger charge is -2.33. The van der Waals surface area contributed by atoms with Gasteiger partial charge in [0.2, 0.25) is 5.91 Å². The number of rotatable bonds is 3. The Morgan fingerprint density at radius 2 is 2.11 bits per heavy atom. The van der Waals surface area contributed by atoms with Crippen LogP contribution in [0.5, 0.6) is 0 Å². The third-order valence-corrected chi connectivity index (χ3v) is 4.23. The molecular formula is C14H18N2OS. The van der Waals surface area contributed by atoms with Gasteiger partial charge in [-0.25, -0.2) is 0 Å². The second kappa shape index (κ2) is 4.69. The van der Waals surface area contributed by atoms with E-state index in [9.17, 15) is 4.79 Å². The third-order valence-electron chi connectivity index (χ3n) is 3.76. The number of anilines is 1. The van der Waals surface area contributed by atoms with Crippen LogP contribution in [0.1, 0.15) is 25.8 Å². The molecule has 0 saturated heterocycles. The second-order valence-corrected chi connectivity index (χ2v) is 5.38. The first kappa shape index (κ1) is 13.0. The highest BCUT2D eigenvalue weighted by Gasteiger charge is 2.47. The summed E-state index contributed by atoms with van der Waals surface area (Å²) in [5.74, 6) is 0.281. The second-order valence-electron chi connectivity index (χ2n) is 4.98. The van der Waals surface area contributed by atoms with E-state index in [0.29, 0.717) is 6.42 Å². The molecule has 1 aliphatic heterocycles. The molecule has 0 bridgehead atoms. The van der Waals surface area contributed by atoms with Gasteiger partial charge in [-0.15, -0.1) is 0 Å². The minimum atomic E-state index is -0.383. The maximum absolute atomic E-state index is 11.8. The highest BCUT2D eigenvalue weighted by Crippen LogP contribution is 2.45. The number of hydrogen-bond donors (Lipinski definition) is 2. The van der Waals surface area contributed by atoms with Crippen molar-refractivity contribution in [2.24, 2.45) is 5.92 Å². The minimum Gasteiger partial charge on any atom is -0.359 e. The van der Waals surface area contributed by atoms with Crippen LogP contribution < -0.4 is 10.6 Å². The third kappa shape index (κ3) is 1.81. The maximum atomic E-state index is 11.8. The zero-order valence-corrected chi connectivity index (χ0v) is 11.7. The highest BCUT2D eigenvalue weighted by atomic mass is 32.1. The molecule has 3 nitrogen and oxygen atoms in total. The molecule has 0 aromatic heterocycles. The van der Waals surface area contributed by atoms with Crippen LogP contribution in [0.2, 0.25) is 0 Å². The van der Waals surface area contributed by atoms with E-state index in [2.05, 4.69) is 30.5 Å². The summed E-state index contributed by atoms with van der Waals surface area (Å²) >= 11 is 5.51. The van der Waals surface area contributed by atoms with Gasteiger partial charge < -0.3 is 10.6 Å². The predicted octanol–water partition coefficient (Wildman–Crippen LogP) is 2.47. The van der Waals surface area contributed by atoms with Gasteiger partial charge in [0.05, 0.1) is 10.4 Å². The van der Waals surface area contributed by atoms with Crippen LogP contribution in [-0.2, 0) is 10.2 Å². The van der Waals surface area contributed by atoms with Crippen molar-refractivity contribution < 1.29 is 4.79 Å². The lowest BCUT2D eigenvalue weighted by molar-refractivity contribution is -0.121. The van der Waals surface area contributed by atoms with E-state index in [1.54, 1.807) is 7.05 Å². The summed E-state index contributed by atoms with van der Waals surface area (Å²) in [6, 6.07) is 8.04. The molecule has 0 aliphatic carbocycles. The molecule has 2 rings (SSSR count). The van der Waals surface area contributed by atoms with Gasteiger partial charge in [-0.2, -0.15) is 0 Å². The SMILES string of the molecule is CNC(=O)CC1(C(C)C)C(=S)Nc2ccccc21. The van der Waals surface area contributed by atoms with Crippen molar-refractivity contribution in [1.82, 2.24) is 5.32 Å². The van der Waals surface area contributed by atoms with Crippen molar-refractivity contribution in [3.63, 3.8) is 0 Å². The fraction of sp³-hybridized carbons (Fsp3) is 0.429. The topological polar surface area (TPSA) is 41.1 Å². The molecule has 0 saturated carbocycles. The largest absolute Gasteiger partial charge is 0.359 e. The highest BCUT2D eigenvalue weighted by molar-refractivity contribution is 7.80. The van der Waals surface area contributed by atoms with Crippen molar-refractivity contribution in [2.75, 3.05) is 12.4 Å². The van der Waals surface area contributed by atoms with Crippen LogP contribution in [0, 0.1) is 5.92 Å². The normalized spacial score (nSPS) is 21.7. The number of fused-ring (bicyclic) bond motifs is 1. The van der Waals surface area contributed by atoms with Gasteiger partial charge in [0.1, 0.15) is 0 Å². The van der Waals surface area contributed by atoms with E-state index in [0.717, 1.165) is 16.2 Å². The van der Waals surface area contributed by atoms with Crippen LogP contribution in [0.4, 0.5) is 5.69 Å². The van der Waals surface area contributed by atoms with E-state index in [1.165, 1.54) is 0 Å². The molecule has 0 spiro atoms. The number of thiocarbonyl (C=S) groups is 1. The standard InChI is InChI=1S/C14H18N2OS/c1-9(2)14(8-12(17)15-3)10-6-4-5-7-11(10)16-13(14)18/h4-7,9H,8H2,1-3H3,(H,15,17)(H,16,18). The summed E-state index contributed by atoms with van der Waals surface area (Å²) in [6.07, 6.45) is 0.393. The quantitative estimate of drug-likeness (QED) is 0.822. The molecule has 1 atom stereocenters. The van der Waals surface area contributed by atoms with Gasteiger partial charge in [0.15, 0.2) is 0 Å². The molecule has 0 radical (unpaired) electrons. The number of para-hydroxylation sites is 1. The molecule has 1 aromatic rings. The molecule has 1 aromatic carbocycles. The Labute approximate surface area is 113 Å². The van der Waals surface area contributed by atoms with E-state index >= 15 is 0 Å². The number of hydrogen-bond acceptors (Lipinski definition) is 2. The zero-order valence-electron chi connectivity index (χ0n) is 10.9. The predicted molar refractivity (Wildman–Crippen MR) is 77.9 cm³/mol. The fourth-order valence-electron chi connectivity index (χ4n) is 2.63. The lowest BCUT2D eigenvalue weighted by atomic mass is 9.70. The van der Waals surface area contributed by atoms with Crippen molar-refractivity contribution in [2.45, 2.75) is 25.7 Å². The van der Waals surface area contributed by atoms with Gasteiger partial charge in [-0.1, -0.05) is 44.3 Å². The van der Waals surface area contributed by atoms with E-state index < -0.39 is 0 Å². The van der Waals surface area contributed by atoms with Gasteiger partial charge in [0, 0.05) is 19.2 Å². The molecule has 1 amide bonds. The van der Waals surface area contributed by atoms with E-state index in [4.69, 9.17) is 12.2 Å². The van der Waals surface area contributed by atoms with Gasteiger partial charge in [-0.3, -0.25) is 4.79 Å². The molecule has 2 N–H and O–H groups in total. The molecule has 1 heterocycles. The average Bonchev–Trinajstić information content (AvgIpc) is 2.63. The van der Waals surface area contributed by atoms with Crippen LogP contribution in [0.25, 0.3) is 0 Å². The number of nitrogens with one attached hydrogen (secondary N) is 2. The summed E-state index contributed by atoms with van der Waals surface area (Å²) in [7, 11) is 1.66.